The van der Waals surface area contributed by atoms with Crippen LogP contribution in [0.2, 0.25) is 5.02 Å². The molecule has 1 aliphatic rings. The number of sulfonamides is 1. The van der Waals surface area contributed by atoms with Gasteiger partial charge in [0.15, 0.2) is 0 Å². The van der Waals surface area contributed by atoms with Gasteiger partial charge in [-0.1, -0.05) is 48.0 Å². The van der Waals surface area contributed by atoms with Gasteiger partial charge < -0.3 is 10.1 Å². The van der Waals surface area contributed by atoms with Crippen LogP contribution in [0, 0.1) is 0 Å². The van der Waals surface area contributed by atoms with Crippen LogP contribution in [0.15, 0.2) is 83.8 Å². The molecule has 0 aromatic heterocycles. The molecule has 0 spiro atoms. The lowest BCUT2D eigenvalue weighted by atomic mass is 9.89. The number of ether oxygens (including phenoxy) is 1. The van der Waals surface area contributed by atoms with Crippen molar-refractivity contribution in [3.05, 3.63) is 89.4 Å². The van der Waals surface area contributed by atoms with E-state index in [0.29, 0.717) is 22.9 Å². The number of anilines is 1. The van der Waals surface area contributed by atoms with Crippen LogP contribution in [0.5, 0.6) is 5.75 Å². The van der Waals surface area contributed by atoms with Gasteiger partial charge in [-0.2, -0.15) is 0 Å². The third kappa shape index (κ3) is 5.15. The number of rotatable bonds is 6. The summed E-state index contributed by atoms with van der Waals surface area (Å²) in [6.07, 6.45) is 0.558. The summed E-state index contributed by atoms with van der Waals surface area (Å²) in [6, 6.07) is 21.7. The molecule has 1 atom stereocenters. The smallest absolute Gasteiger partial charge is 0.264 e. The van der Waals surface area contributed by atoms with E-state index in [-0.39, 0.29) is 17.5 Å². The van der Waals surface area contributed by atoms with E-state index in [1.807, 2.05) is 38.1 Å². The van der Waals surface area contributed by atoms with Gasteiger partial charge in [0.1, 0.15) is 17.9 Å². The van der Waals surface area contributed by atoms with Gasteiger partial charge in [-0.05, 0) is 56.3 Å². The molecule has 0 aliphatic carbocycles. The van der Waals surface area contributed by atoms with E-state index in [1.165, 1.54) is 12.1 Å². The zero-order valence-corrected chi connectivity index (χ0v) is 19.9. The normalized spacial score (nSPS) is 16.9. The second-order valence-electron chi connectivity index (χ2n) is 8.52. The van der Waals surface area contributed by atoms with Gasteiger partial charge in [0.05, 0.1) is 16.6 Å². The Labute approximate surface area is 199 Å². The summed E-state index contributed by atoms with van der Waals surface area (Å²) >= 11 is 6.00. The minimum atomic E-state index is -3.98. The Kier molecular flexibility index (Phi) is 6.36. The number of carbonyl (C=O) groups excluding carboxylic acids is 1. The van der Waals surface area contributed by atoms with Crippen molar-refractivity contribution in [1.29, 1.82) is 0 Å². The third-order valence-corrected chi connectivity index (χ3v) is 7.48. The van der Waals surface area contributed by atoms with Gasteiger partial charge in [-0.25, -0.2) is 8.42 Å². The molecule has 1 unspecified atom stereocenters. The molecule has 1 heterocycles. The Morgan fingerprint density at radius 2 is 1.67 bits per heavy atom. The summed E-state index contributed by atoms with van der Waals surface area (Å²) < 4.78 is 34.0. The summed E-state index contributed by atoms with van der Waals surface area (Å²) in [5.41, 5.74) is 0.749. The Morgan fingerprint density at radius 1 is 1.03 bits per heavy atom. The Hall–Kier alpha value is -3.03. The number of halogens is 1. The van der Waals surface area contributed by atoms with Crippen molar-refractivity contribution in [2.24, 2.45) is 0 Å². The number of carbonyl (C=O) groups is 1. The summed E-state index contributed by atoms with van der Waals surface area (Å²) in [5, 5.41) is 3.49. The molecule has 6 nitrogen and oxygen atoms in total. The highest BCUT2D eigenvalue weighted by Crippen LogP contribution is 2.39. The van der Waals surface area contributed by atoms with Crippen LogP contribution in [0.3, 0.4) is 0 Å². The number of fused-ring (bicyclic) bond motifs is 1. The third-order valence-electron chi connectivity index (χ3n) is 5.44. The molecule has 172 valence electrons. The van der Waals surface area contributed by atoms with Crippen LogP contribution >= 0.6 is 11.6 Å². The SMILES string of the molecule is CC1(C)CC(NC(=O)CN(c2ccc(Cl)cc2)S(=O)(=O)c2ccccc2)c2ccccc2O1. The quantitative estimate of drug-likeness (QED) is 0.537. The number of hydrogen-bond donors (Lipinski definition) is 1. The van der Waals surface area contributed by atoms with Crippen LogP contribution in [0.1, 0.15) is 31.9 Å². The first kappa shape index (κ1) is 23.1. The lowest BCUT2D eigenvalue weighted by molar-refractivity contribution is -0.120. The number of nitrogens with zero attached hydrogens (tertiary/aromatic N) is 1. The first-order chi connectivity index (χ1) is 15.7. The van der Waals surface area contributed by atoms with Gasteiger partial charge in [0, 0.05) is 17.0 Å². The topological polar surface area (TPSA) is 75.7 Å². The maximum atomic E-state index is 13.4. The maximum absolute atomic E-state index is 13.4. The first-order valence-electron chi connectivity index (χ1n) is 10.6. The molecule has 1 N–H and O–H groups in total. The first-order valence-corrected chi connectivity index (χ1v) is 12.4. The predicted molar refractivity (Wildman–Crippen MR) is 129 cm³/mol. The second kappa shape index (κ2) is 9.08. The van der Waals surface area contributed by atoms with Crippen LogP contribution in [-0.4, -0.2) is 26.5 Å². The Balaban J connectivity index is 1.63. The molecule has 33 heavy (non-hydrogen) atoms. The van der Waals surface area contributed by atoms with E-state index in [1.54, 1.807) is 42.5 Å². The van der Waals surface area contributed by atoms with Crippen molar-refractivity contribution < 1.29 is 17.9 Å². The molecule has 3 aromatic carbocycles. The molecule has 0 fully saturated rings. The van der Waals surface area contributed by atoms with E-state index >= 15 is 0 Å². The second-order valence-corrected chi connectivity index (χ2v) is 10.8. The number of hydrogen-bond acceptors (Lipinski definition) is 4. The minimum Gasteiger partial charge on any atom is -0.487 e. The fraction of sp³-hybridized carbons (Fsp3) is 0.240. The molecule has 0 radical (unpaired) electrons. The average molecular weight is 485 g/mol. The number of nitrogens with one attached hydrogen (secondary N) is 1. The van der Waals surface area contributed by atoms with E-state index in [0.717, 1.165) is 9.87 Å². The van der Waals surface area contributed by atoms with E-state index in [4.69, 9.17) is 16.3 Å². The zero-order chi connectivity index (χ0) is 23.6. The lowest BCUT2D eigenvalue weighted by Crippen LogP contribution is -2.45. The Morgan fingerprint density at radius 3 is 2.36 bits per heavy atom. The molecule has 0 saturated heterocycles. The fourth-order valence-electron chi connectivity index (χ4n) is 3.94. The van der Waals surface area contributed by atoms with E-state index in [2.05, 4.69) is 5.32 Å². The fourth-order valence-corrected chi connectivity index (χ4v) is 5.51. The molecule has 4 rings (SSSR count). The lowest BCUT2D eigenvalue weighted by Gasteiger charge is -2.38. The monoisotopic (exact) mass is 484 g/mol. The molecular formula is C25H25ClN2O4S. The molecule has 1 aliphatic heterocycles. The van der Waals surface area contributed by atoms with E-state index in [9.17, 15) is 13.2 Å². The van der Waals surface area contributed by atoms with Crippen molar-refractivity contribution in [3.63, 3.8) is 0 Å². The molecular weight excluding hydrogens is 460 g/mol. The highest BCUT2D eigenvalue weighted by molar-refractivity contribution is 7.92. The van der Waals surface area contributed by atoms with Crippen molar-refractivity contribution in [3.8, 4) is 5.75 Å². The van der Waals surface area contributed by atoms with Crippen LogP contribution in [-0.2, 0) is 14.8 Å². The zero-order valence-electron chi connectivity index (χ0n) is 18.4. The van der Waals surface area contributed by atoms with Crippen molar-refractivity contribution in [2.45, 2.75) is 36.8 Å². The van der Waals surface area contributed by atoms with Gasteiger partial charge in [0.25, 0.3) is 10.0 Å². The maximum Gasteiger partial charge on any atom is 0.264 e. The van der Waals surface area contributed by atoms with Gasteiger partial charge in [-0.3, -0.25) is 9.10 Å². The summed E-state index contributed by atoms with van der Waals surface area (Å²) in [5.74, 6) is 0.299. The van der Waals surface area contributed by atoms with Crippen molar-refractivity contribution >= 4 is 33.2 Å². The van der Waals surface area contributed by atoms with Crippen LogP contribution in [0.25, 0.3) is 0 Å². The molecule has 0 bridgehead atoms. The van der Waals surface area contributed by atoms with Gasteiger partial charge in [-0.15, -0.1) is 0 Å². The summed E-state index contributed by atoms with van der Waals surface area (Å²) in [7, 11) is -3.98. The average Bonchev–Trinajstić information content (AvgIpc) is 2.78. The highest BCUT2D eigenvalue weighted by Gasteiger charge is 2.35. The van der Waals surface area contributed by atoms with Crippen LogP contribution in [0.4, 0.5) is 5.69 Å². The summed E-state index contributed by atoms with van der Waals surface area (Å²) in [4.78, 5) is 13.3. The number of benzene rings is 3. The summed E-state index contributed by atoms with van der Waals surface area (Å²) in [6.45, 7) is 3.54. The number of amides is 1. The highest BCUT2D eigenvalue weighted by atomic mass is 35.5. The standard InChI is InChI=1S/C25H25ClN2O4S/c1-25(2)16-22(21-10-6-7-11-23(21)32-25)27-24(29)17-28(19-14-12-18(26)13-15-19)33(30,31)20-8-4-3-5-9-20/h3-15,22H,16-17H2,1-2H3,(H,27,29). The van der Waals surface area contributed by atoms with Crippen molar-refractivity contribution in [2.75, 3.05) is 10.8 Å². The van der Waals surface area contributed by atoms with Gasteiger partial charge in [0.2, 0.25) is 5.91 Å². The van der Waals surface area contributed by atoms with Crippen LogP contribution < -0.4 is 14.4 Å². The largest absolute Gasteiger partial charge is 0.487 e. The predicted octanol–water partition coefficient (Wildman–Crippen LogP) is 4.95. The van der Waals surface area contributed by atoms with E-state index < -0.39 is 21.5 Å². The molecule has 0 saturated carbocycles. The minimum absolute atomic E-state index is 0.102. The number of para-hydroxylation sites is 1. The molecule has 8 heteroatoms. The van der Waals surface area contributed by atoms with Crippen molar-refractivity contribution in [1.82, 2.24) is 5.32 Å². The molecule has 1 amide bonds. The Bertz CT molecular complexity index is 1240. The molecule has 3 aromatic rings. The van der Waals surface area contributed by atoms with Gasteiger partial charge >= 0.3 is 0 Å².